The van der Waals surface area contributed by atoms with Crippen LogP contribution in [0, 0.1) is 0 Å². The SMILES string of the molecule is CN=C(NCc1ccccc1CN1CCOCC1)NCC(Cc1ccccc1)N(C)C. The van der Waals surface area contributed by atoms with Crippen LogP contribution in [0.25, 0.3) is 0 Å². The topological polar surface area (TPSA) is 52.1 Å². The third-order valence-electron chi connectivity index (χ3n) is 5.84. The number of likely N-dealkylation sites (N-methyl/N-ethyl adjacent to an activating group) is 1. The first-order chi connectivity index (χ1) is 15.2. The van der Waals surface area contributed by atoms with Crippen LogP contribution in [-0.4, -0.2) is 75.8 Å². The molecule has 0 radical (unpaired) electrons. The molecule has 1 unspecified atom stereocenters. The van der Waals surface area contributed by atoms with Crippen LogP contribution in [0.3, 0.4) is 0 Å². The molecule has 1 atom stereocenters. The maximum Gasteiger partial charge on any atom is 0.191 e. The Labute approximate surface area is 187 Å². The van der Waals surface area contributed by atoms with Gasteiger partial charge in [-0.05, 0) is 37.2 Å². The van der Waals surface area contributed by atoms with Crippen molar-refractivity contribution in [3.8, 4) is 0 Å². The fourth-order valence-corrected chi connectivity index (χ4v) is 3.82. The molecular weight excluding hydrogens is 386 g/mol. The smallest absolute Gasteiger partial charge is 0.191 e. The number of benzene rings is 2. The van der Waals surface area contributed by atoms with Crippen LogP contribution in [0.4, 0.5) is 0 Å². The molecule has 2 aromatic rings. The number of hydrogen-bond acceptors (Lipinski definition) is 4. The maximum atomic E-state index is 5.48. The number of ether oxygens (including phenoxy) is 1. The summed E-state index contributed by atoms with van der Waals surface area (Å²) in [6.45, 7) is 6.20. The molecule has 1 saturated heterocycles. The van der Waals surface area contributed by atoms with Gasteiger partial charge in [-0.15, -0.1) is 0 Å². The van der Waals surface area contributed by atoms with Crippen molar-refractivity contribution in [2.24, 2.45) is 4.99 Å². The number of morpholine rings is 1. The van der Waals surface area contributed by atoms with E-state index in [-0.39, 0.29) is 0 Å². The summed E-state index contributed by atoms with van der Waals surface area (Å²) in [5.41, 5.74) is 4.02. The minimum atomic E-state index is 0.384. The standard InChI is InChI=1S/C25H37N5O/c1-26-25(28-19-24(29(2)3)17-21-9-5-4-6-10-21)27-18-22-11-7-8-12-23(22)20-30-13-15-31-16-14-30/h4-12,24H,13-20H2,1-3H3,(H2,26,27,28). The van der Waals surface area contributed by atoms with Gasteiger partial charge in [0, 0.05) is 45.8 Å². The summed E-state index contributed by atoms with van der Waals surface area (Å²) in [5.74, 6) is 0.834. The fourth-order valence-electron chi connectivity index (χ4n) is 3.82. The van der Waals surface area contributed by atoms with E-state index in [1.807, 2.05) is 7.05 Å². The van der Waals surface area contributed by atoms with Crippen molar-refractivity contribution in [1.82, 2.24) is 20.4 Å². The Morgan fingerprint density at radius 2 is 1.68 bits per heavy atom. The molecule has 0 saturated carbocycles. The summed E-state index contributed by atoms with van der Waals surface area (Å²) in [5, 5.41) is 7.01. The van der Waals surface area contributed by atoms with E-state index in [4.69, 9.17) is 4.74 Å². The average molecular weight is 424 g/mol. The normalized spacial score (nSPS) is 16.3. The average Bonchev–Trinajstić information content (AvgIpc) is 2.80. The Morgan fingerprint density at radius 3 is 2.35 bits per heavy atom. The zero-order chi connectivity index (χ0) is 21.9. The first-order valence-corrected chi connectivity index (χ1v) is 11.2. The Bertz CT molecular complexity index is 803. The summed E-state index contributed by atoms with van der Waals surface area (Å²) in [6.07, 6.45) is 1.00. The van der Waals surface area contributed by atoms with Crippen molar-refractivity contribution in [2.45, 2.75) is 25.6 Å². The predicted octanol–water partition coefficient (Wildman–Crippen LogP) is 2.36. The molecule has 3 rings (SSSR count). The lowest BCUT2D eigenvalue weighted by atomic mass is 10.1. The molecular formula is C25H37N5O. The highest BCUT2D eigenvalue weighted by atomic mass is 16.5. The van der Waals surface area contributed by atoms with Crippen LogP contribution >= 0.6 is 0 Å². The van der Waals surface area contributed by atoms with Gasteiger partial charge >= 0.3 is 0 Å². The molecule has 1 aliphatic rings. The summed E-state index contributed by atoms with van der Waals surface area (Å²) in [6, 6.07) is 19.7. The summed E-state index contributed by atoms with van der Waals surface area (Å²) >= 11 is 0. The highest BCUT2D eigenvalue weighted by Crippen LogP contribution is 2.13. The number of guanidine groups is 1. The van der Waals surface area contributed by atoms with Crippen molar-refractivity contribution in [2.75, 3.05) is 54.0 Å². The monoisotopic (exact) mass is 423 g/mol. The molecule has 1 heterocycles. The van der Waals surface area contributed by atoms with E-state index in [0.29, 0.717) is 6.04 Å². The van der Waals surface area contributed by atoms with E-state index in [1.165, 1.54) is 16.7 Å². The molecule has 31 heavy (non-hydrogen) atoms. The van der Waals surface area contributed by atoms with E-state index in [9.17, 15) is 0 Å². The number of rotatable bonds is 9. The van der Waals surface area contributed by atoms with Crippen LogP contribution < -0.4 is 10.6 Å². The third kappa shape index (κ3) is 7.65. The molecule has 2 aromatic carbocycles. The lowest BCUT2D eigenvalue weighted by Crippen LogP contribution is -2.45. The van der Waals surface area contributed by atoms with Crippen LogP contribution in [0.1, 0.15) is 16.7 Å². The molecule has 0 bridgehead atoms. The quantitative estimate of drug-likeness (QED) is 0.479. The lowest BCUT2D eigenvalue weighted by Gasteiger charge is -2.27. The van der Waals surface area contributed by atoms with Crippen LogP contribution in [0.2, 0.25) is 0 Å². The molecule has 0 aromatic heterocycles. The van der Waals surface area contributed by atoms with Gasteiger partial charge in [0.2, 0.25) is 0 Å². The lowest BCUT2D eigenvalue weighted by molar-refractivity contribution is 0.0341. The van der Waals surface area contributed by atoms with E-state index in [1.54, 1.807) is 0 Å². The molecule has 168 valence electrons. The number of nitrogens with one attached hydrogen (secondary N) is 2. The highest BCUT2D eigenvalue weighted by Gasteiger charge is 2.14. The minimum Gasteiger partial charge on any atom is -0.379 e. The van der Waals surface area contributed by atoms with Gasteiger partial charge < -0.3 is 20.3 Å². The first kappa shape index (κ1) is 23.3. The van der Waals surface area contributed by atoms with E-state index < -0.39 is 0 Å². The van der Waals surface area contributed by atoms with Gasteiger partial charge in [0.1, 0.15) is 0 Å². The van der Waals surface area contributed by atoms with Gasteiger partial charge in [0.05, 0.1) is 13.2 Å². The van der Waals surface area contributed by atoms with E-state index in [2.05, 4.69) is 94.1 Å². The fraction of sp³-hybridized carbons (Fsp3) is 0.480. The number of aliphatic imine (C=N–C) groups is 1. The van der Waals surface area contributed by atoms with Crippen LogP contribution in [-0.2, 0) is 24.2 Å². The van der Waals surface area contributed by atoms with E-state index in [0.717, 1.165) is 58.3 Å². The van der Waals surface area contributed by atoms with Crippen molar-refractivity contribution < 1.29 is 4.74 Å². The Morgan fingerprint density at radius 1 is 1.00 bits per heavy atom. The Kier molecular flexibility index (Phi) is 9.34. The Balaban J connectivity index is 1.53. The summed E-state index contributed by atoms with van der Waals surface area (Å²) in [4.78, 5) is 9.16. The zero-order valence-electron chi connectivity index (χ0n) is 19.2. The van der Waals surface area contributed by atoms with Gasteiger partial charge in [-0.2, -0.15) is 0 Å². The van der Waals surface area contributed by atoms with Crippen molar-refractivity contribution in [3.05, 3.63) is 71.3 Å². The number of hydrogen-bond donors (Lipinski definition) is 2. The van der Waals surface area contributed by atoms with Gasteiger partial charge in [0.15, 0.2) is 5.96 Å². The second-order valence-corrected chi connectivity index (χ2v) is 8.27. The molecule has 0 amide bonds. The summed E-state index contributed by atoms with van der Waals surface area (Å²) < 4.78 is 5.48. The molecule has 0 spiro atoms. The van der Waals surface area contributed by atoms with Gasteiger partial charge in [0.25, 0.3) is 0 Å². The summed E-state index contributed by atoms with van der Waals surface area (Å²) in [7, 11) is 6.09. The molecule has 2 N–H and O–H groups in total. The second-order valence-electron chi connectivity index (χ2n) is 8.27. The van der Waals surface area contributed by atoms with Crippen molar-refractivity contribution in [1.29, 1.82) is 0 Å². The van der Waals surface area contributed by atoms with Crippen molar-refractivity contribution >= 4 is 5.96 Å². The largest absolute Gasteiger partial charge is 0.379 e. The Hall–Kier alpha value is -2.41. The van der Waals surface area contributed by atoms with Crippen molar-refractivity contribution in [3.63, 3.8) is 0 Å². The molecule has 6 heteroatoms. The predicted molar refractivity (Wildman–Crippen MR) is 128 cm³/mol. The molecule has 1 fully saturated rings. The van der Waals surface area contributed by atoms with Crippen LogP contribution in [0.15, 0.2) is 59.6 Å². The van der Waals surface area contributed by atoms with Crippen LogP contribution in [0.5, 0.6) is 0 Å². The third-order valence-corrected chi connectivity index (χ3v) is 5.84. The molecule has 1 aliphatic heterocycles. The first-order valence-electron chi connectivity index (χ1n) is 11.2. The number of nitrogens with zero attached hydrogens (tertiary/aromatic N) is 3. The molecule has 6 nitrogen and oxygen atoms in total. The van der Waals surface area contributed by atoms with Gasteiger partial charge in [-0.25, -0.2) is 0 Å². The van der Waals surface area contributed by atoms with Gasteiger partial charge in [-0.1, -0.05) is 54.6 Å². The minimum absolute atomic E-state index is 0.384. The highest BCUT2D eigenvalue weighted by molar-refractivity contribution is 5.79. The second kappa shape index (κ2) is 12.4. The zero-order valence-corrected chi connectivity index (χ0v) is 19.2. The van der Waals surface area contributed by atoms with E-state index >= 15 is 0 Å². The molecule has 0 aliphatic carbocycles. The van der Waals surface area contributed by atoms with Gasteiger partial charge in [-0.3, -0.25) is 9.89 Å². The maximum absolute atomic E-state index is 5.48.